The molecule has 0 aliphatic heterocycles. The van der Waals surface area contributed by atoms with Crippen LogP contribution < -0.4 is 15.6 Å². The predicted octanol–water partition coefficient (Wildman–Crippen LogP) is 1.99. The minimum absolute atomic E-state index is 0.229. The Labute approximate surface area is 148 Å². The number of halogens is 2. The molecule has 0 aromatic carbocycles. The fourth-order valence-electron chi connectivity index (χ4n) is 1.96. The van der Waals surface area contributed by atoms with E-state index in [1.54, 1.807) is 13.8 Å². The van der Waals surface area contributed by atoms with Gasteiger partial charge < -0.3 is 10.1 Å². The van der Waals surface area contributed by atoms with Crippen LogP contribution in [0.5, 0.6) is 5.88 Å². The molecule has 0 fully saturated rings. The molecule has 7 nitrogen and oxygen atoms in total. The number of aromatic nitrogens is 3. The quantitative estimate of drug-likeness (QED) is 0.760. The van der Waals surface area contributed by atoms with E-state index in [1.165, 1.54) is 30.5 Å². The Kier molecular flexibility index (Phi) is 6.16. The van der Waals surface area contributed by atoms with Gasteiger partial charge in [-0.2, -0.15) is 13.9 Å². The van der Waals surface area contributed by atoms with E-state index in [0.717, 1.165) is 10.3 Å². The van der Waals surface area contributed by atoms with Crippen LogP contribution in [0, 0.1) is 0 Å². The third-order valence-electron chi connectivity index (χ3n) is 3.52. The van der Waals surface area contributed by atoms with Crippen LogP contribution in [0.25, 0.3) is 11.3 Å². The Morgan fingerprint density at radius 2 is 2.08 bits per heavy atom. The first-order valence-electron chi connectivity index (χ1n) is 7.70. The summed E-state index contributed by atoms with van der Waals surface area (Å²) >= 11 is 0. The first-order chi connectivity index (χ1) is 12.3. The Bertz CT molecular complexity index is 850. The molecule has 2 rings (SSSR count). The average Bonchev–Trinajstić information content (AvgIpc) is 2.57. The maximum atomic E-state index is 12.1. The Morgan fingerprint density at radius 3 is 2.65 bits per heavy atom. The summed E-state index contributed by atoms with van der Waals surface area (Å²) in [6.07, 6.45) is 1.29. The normalized spacial score (nSPS) is 11.9. The van der Waals surface area contributed by atoms with Gasteiger partial charge in [-0.25, -0.2) is 9.67 Å². The maximum Gasteiger partial charge on any atom is 0.388 e. The summed E-state index contributed by atoms with van der Waals surface area (Å²) in [5, 5.41) is 6.82. The highest BCUT2D eigenvalue weighted by Gasteiger charge is 2.12. The van der Waals surface area contributed by atoms with E-state index in [0.29, 0.717) is 11.3 Å². The van der Waals surface area contributed by atoms with Crippen LogP contribution in [-0.4, -0.2) is 33.3 Å². The molecule has 1 amide bonds. The van der Waals surface area contributed by atoms with Crippen LogP contribution in [0.4, 0.5) is 8.78 Å². The molecule has 138 valence electrons. The maximum absolute atomic E-state index is 12.1. The Morgan fingerprint density at radius 1 is 1.35 bits per heavy atom. The van der Waals surface area contributed by atoms with Gasteiger partial charge in [-0.1, -0.05) is 12.2 Å². The van der Waals surface area contributed by atoms with E-state index < -0.39 is 12.2 Å². The molecule has 0 spiro atoms. The minimum Gasteiger partial charge on any atom is -0.417 e. The van der Waals surface area contributed by atoms with Gasteiger partial charge in [-0.3, -0.25) is 9.59 Å². The molecule has 0 unspecified atom stereocenters. The summed E-state index contributed by atoms with van der Waals surface area (Å²) in [7, 11) is 0. The molecule has 0 saturated carbocycles. The third-order valence-corrected chi connectivity index (χ3v) is 3.52. The van der Waals surface area contributed by atoms with Crippen molar-refractivity contribution in [3.05, 3.63) is 53.0 Å². The predicted molar refractivity (Wildman–Crippen MR) is 90.8 cm³/mol. The topological polar surface area (TPSA) is 86.1 Å². The molecule has 0 aliphatic carbocycles. The summed E-state index contributed by atoms with van der Waals surface area (Å²) in [6.45, 7) is 4.09. The largest absolute Gasteiger partial charge is 0.417 e. The molecule has 1 N–H and O–H groups in total. The summed E-state index contributed by atoms with van der Waals surface area (Å²) in [4.78, 5) is 27.7. The lowest BCUT2D eigenvalue weighted by atomic mass is 10.2. The molecule has 9 heteroatoms. The van der Waals surface area contributed by atoms with Crippen LogP contribution in [0.15, 0.2) is 47.4 Å². The summed E-state index contributed by atoms with van der Waals surface area (Å²) in [6, 6.07) is 5.23. The first-order valence-corrected chi connectivity index (χ1v) is 7.70. The number of nitrogens with one attached hydrogen (secondary N) is 1. The van der Waals surface area contributed by atoms with Gasteiger partial charge in [0.2, 0.25) is 11.8 Å². The molecule has 2 aromatic heterocycles. The molecule has 0 saturated heterocycles. The smallest absolute Gasteiger partial charge is 0.388 e. The zero-order valence-corrected chi connectivity index (χ0v) is 14.3. The van der Waals surface area contributed by atoms with E-state index in [-0.39, 0.29) is 24.4 Å². The van der Waals surface area contributed by atoms with Crippen LogP contribution in [0.1, 0.15) is 13.8 Å². The number of hydrogen-bond acceptors (Lipinski definition) is 5. The summed E-state index contributed by atoms with van der Waals surface area (Å²) < 4.78 is 29.5. The number of carbonyl (C=O) groups excluding carboxylic acids is 1. The lowest BCUT2D eigenvalue weighted by Gasteiger charge is -2.14. The average molecular weight is 364 g/mol. The van der Waals surface area contributed by atoms with E-state index in [9.17, 15) is 18.4 Å². The molecular weight excluding hydrogens is 346 g/mol. The minimum atomic E-state index is -2.96. The van der Waals surface area contributed by atoms with E-state index in [4.69, 9.17) is 0 Å². The first kappa shape index (κ1) is 19.2. The van der Waals surface area contributed by atoms with Gasteiger partial charge >= 0.3 is 6.61 Å². The molecule has 0 radical (unpaired) electrons. The van der Waals surface area contributed by atoms with Crippen molar-refractivity contribution in [3.8, 4) is 17.1 Å². The Balaban J connectivity index is 2.17. The number of amides is 1. The van der Waals surface area contributed by atoms with E-state index in [1.807, 2.05) is 0 Å². The molecule has 0 aliphatic rings. The highest BCUT2D eigenvalue weighted by molar-refractivity contribution is 5.76. The van der Waals surface area contributed by atoms with E-state index in [2.05, 4.69) is 26.7 Å². The van der Waals surface area contributed by atoms with Crippen molar-refractivity contribution in [2.75, 3.05) is 0 Å². The van der Waals surface area contributed by atoms with Gasteiger partial charge in [0.05, 0.1) is 5.69 Å². The monoisotopic (exact) mass is 364 g/mol. The van der Waals surface area contributed by atoms with Crippen molar-refractivity contribution in [3.63, 3.8) is 0 Å². The second kappa shape index (κ2) is 8.32. The van der Waals surface area contributed by atoms with Crippen molar-refractivity contribution >= 4 is 5.91 Å². The highest BCUT2D eigenvalue weighted by Crippen LogP contribution is 2.18. The molecule has 26 heavy (non-hydrogen) atoms. The molecule has 0 bridgehead atoms. The van der Waals surface area contributed by atoms with Gasteiger partial charge in [0.25, 0.3) is 5.56 Å². The van der Waals surface area contributed by atoms with Gasteiger partial charge in [0.1, 0.15) is 6.54 Å². The lowest BCUT2D eigenvalue weighted by molar-refractivity contribution is -0.122. The van der Waals surface area contributed by atoms with Crippen LogP contribution in [-0.2, 0) is 11.3 Å². The number of hydrogen-bond donors (Lipinski definition) is 1. The molecule has 2 aromatic rings. The number of nitrogens with zero attached hydrogens (tertiary/aromatic N) is 3. The van der Waals surface area contributed by atoms with Crippen LogP contribution in [0.2, 0.25) is 0 Å². The van der Waals surface area contributed by atoms with Gasteiger partial charge in [0.15, 0.2) is 0 Å². The van der Waals surface area contributed by atoms with Crippen LogP contribution in [0.3, 0.4) is 0 Å². The number of alkyl halides is 2. The number of rotatable bonds is 7. The molecule has 2 heterocycles. The van der Waals surface area contributed by atoms with Gasteiger partial charge in [-0.15, -0.1) is 0 Å². The summed E-state index contributed by atoms with van der Waals surface area (Å²) in [5.74, 6) is -0.615. The van der Waals surface area contributed by atoms with Crippen molar-refractivity contribution in [2.45, 2.75) is 33.0 Å². The lowest BCUT2D eigenvalue weighted by Crippen LogP contribution is -2.38. The van der Waals surface area contributed by atoms with Crippen LogP contribution >= 0.6 is 0 Å². The van der Waals surface area contributed by atoms with Gasteiger partial charge in [0, 0.05) is 29.9 Å². The summed E-state index contributed by atoms with van der Waals surface area (Å²) in [5.41, 5.74) is 1.18. The second-order valence-electron chi connectivity index (χ2n) is 5.61. The van der Waals surface area contributed by atoms with Crippen molar-refractivity contribution in [2.24, 2.45) is 0 Å². The van der Waals surface area contributed by atoms with Crippen molar-refractivity contribution in [1.82, 2.24) is 20.1 Å². The fourth-order valence-corrected chi connectivity index (χ4v) is 1.96. The number of carbonyl (C=O) groups is 1. The third kappa shape index (κ3) is 5.20. The standard InChI is InChI=1S/C17H18F2N4O3/c1-10(2)11(3)21-14(24)9-23-16(25)7-5-13(22-23)12-4-6-15(20-8-12)26-17(18)19/h4-8,11,17H,1,9H2,2-3H3,(H,21,24)/t11-/m0/s1. The fraction of sp³-hybridized carbons (Fsp3) is 0.294. The zero-order chi connectivity index (χ0) is 19.3. The van der Waals surface area contributed by atoms with Crippen molar-refractivity contribution in [1.29, 1.82) is 0 Å². The molecular formula is C17H18F2N4O3. The SMILES string of the molecule is C=C(C)[C@H](C)NC(=O)Cn1nc(-c2ccc(OC(F)F)nc2)ccc1=O. The van der Waals surface area contributed by atoms with E-state index >= 15 is 0 Å². The number of pyridine rings is 1. The zero-order valence-electron chi connectivity index (χ0n) is 14.3. The second-order valence-corrected chi connectivity index (χ2v) is 5.61. The highest BCUT2D eigenvalue weighted by atomic mass is 19.3. The van der Waals surface area contributed by atoms with Crippen molar-refractivity contribution < 1.29 is 18.3 Å². The molecule has 1 atom stereocenters. The Hall–Kier alpha value is -3.10. The van der Waals surface area contributed by atoms with Gasteiger partial charge in [-0.05, 0) is 26.0 Å². The number of ether oxygens (including phenoxy) is 1.